The lowest BCUT2D eigenvalue weighted by molar-refractivity contribution is -0.120. The van der Waals surface area contributed by atoms with Crippen molar-refractivity contribution in [2.75, 3.05) is 37.0 Å². The van der Waals surface area contributed by atoms with Crippen LogP contribution >= 0.6 is 0 Å². The minimum Gasteiger partial charge on any atom is -0.492 e. The zero-order chi connectivity index (χ0) is 18.5. The maximum atomic E-state index is 12.9. The molecule has 0 aromatic heterocycles. The van der Waals surface area contributed by atoms with E-state index in [0.717, 1.165) is 25.3 Å². The van der Waals surface area contributed by atoms with Crippen LogP contribution in [0, 0.1) is 0 Å². The molecule has 2 aromatic carbocycles. The molecular weight excluding hydrogens is 326 g/mol. The van der Waals surface area contributed by atoms with Crippen molar-refractivity contribution in [2.24, 2.45) is 0 Å². The van der Waals surface area contributed by atoms with Gasteiger partial charge in [0.15, 0.2) is 0 Å². The number of carbonyl (C=O) groups excluding carboxylic acids is 1. The van der Waals surface area contributed by atoms with Crippen molar-refractivity contribution in [1.29, 1.82) is 0 Å². The van der Waals surface area contributed by atoms with E-state index in [2.05, 4.69) is 46.4 Å². The Kier molecular flexibility index (Phi) is 5.78. The second-order valence-corrected chi connectivity index (χ2v) is 6.62. The van der Waals surface area contributed by atoms with Gasteiger partial charge in [-0.15, -0.1) is 0 Å². The fourth-order valence-electron chi connectivity index (χ4n) is 3.30. The van der Waals surface area contributed by atoms with Crippen LogP contribution in [0.25, 0.3) is 0 Å². The summed E-state index contributed by atoms with van der Waals surface area (Å²) in [6, 6.07) is 15.7. The van der Waals surface area contributed by atoms with Gasteiger partial charge in [-0.1, -0.05) is 30.3 Å². The van der Waals surface area contributed by atoms with E-state index in [1.54, 1.807) is 0 Å². The molecule has 3 rings (SSSR count). The third-order valence-electron chi connectivity index (χ3n) is 4.87. The summed E-state index contributed by atoms with van der Waals surface area (Å²) in [4.78, 5) is 17.3. The number of para-hydroxylation sites is 3. The number of fused-ring (bicyclic) bond motifs is 1. The molecule has 1 atom stereocenters. The average Bonchev–Trinajstić information content (AvgIpc) is 2.82. The van der Waals surface area contributed by atoms with Gasteiger partial charge < -0.3 is 15.0 Å². The van der Waals surface area contributed by atoms with Gasteiger partial charge in [0, 0.05) is 32.4 Å². The monoisotopic (exact) mass is 353 g/mol. The van der Waals surface area contributed by atoms with Crippen LogP contribution in [-0.2, 0) is 11.3 Å². The van der Waals surface area contributed by atoms with E-state index in [9.17, 15) is 4.79 Å². The average molecular weight is 353 g/mol. The van der Waals surface area contributed by atoms with Crippen molar-refractivity contribution in [3.63, 3.8) is 0 Å². The molecule has 138 valence electrons. The van der Waals surface area contributed by atoms with Gasteiger partial charge in [0.2, 0.25) is 5.91 Å². The first-order chi connectivity index (χ1) is 12.6. The highest BCUT2D eigenvalue weighted by molar-refractivity contribution is 5.95. The lowest BCUT2D eigenvalue weighted by Gasteiger charge is -2.27. The molecule has 1 heterocycles. The fraction of sp³-hybridized carbons (Fsp3) is 0.381. The van der Waals surface area contributed by atoms with Crippen molar-refractivity contribution in [3.8, 4) is 5.75 Å². The van der Waals surface area contributed by atoms with Crippen LogP contribution in [0.4, 0.5) is 11.4 Å². The predicted molar refractivity (Wildman–Crippen MR) is 106 cm³/mol. The molecule has 0 spiro atoms. The molecule has 5 nitrogen and oxygen atoms in total. The zero-order valence-electron chi connectivity index (χ0n) is 15.7. The van der Waals surface area contributed by atoms with E-state index in [4.69, 9.17) is 4.74 Å². The van der Waals surface area contributed by atoms with Gasteiger partial charge in [-0.3, -0.25) is 9.69 Å². The Labute approximate surface area is 155 Å². The van der Waals surface area contributed by atoms with E-state index in [1.807, 2.05) is 38.1 Å². The molecule has 2 aromatic rings. The molecule has 1 aliphatic heterocycles. The van der Waals surface area contributed by atoms with Crippen LogP contribution in [0.1, 0.15) is 19.4 Å². The molecule has 0 fully saturated rings. The van der Waals surface area contributed by atoms with Crippen LogP contribution < -0.4 is 15.0 Å². The van der Waals surface area contributed by atoms with Crippen LogP contribution in [0.3, 0.4) is 0 Å². The van der Waals surface area contributed by atoms with E-state index < -0.39 is 0 Å². The number of ether oxygens (including phenoxy) is 1. The fourth-order valence-corrected chi connectivity index (χ4v) is 3.30. The van der Waals surface area contributed by atoms with Crippen molar-refractivity contribution in [3.05, 3.63) is 54.1 Å². The second-order valence-electron chi connectivity index (χ2n) is 6.62. The van der Waals surface area contributed by atoms with E-state index in [-0.39, 0.29) is 11.9 Å². The quantitative estimate of drug-likeness (QED) is 0.895. The molecule has 0 radical (unpaired) electrons. The summed E-state index contributed by atoms with van der Waals surface area (Å²) in [5, 5.41) is 3.03. The first-order valence-electron chi connectivity index (χ1n) is 9.16. The Bertz CT molecular complexity index is 762. The number of anilines is 2. The Morgan fingerprint density at radius 3 is 2.69 bits per heavy atom. The van der Waals surface area contributed by atoms with Crippen LogP contribution in [0.5, 0.6) is 5.75 Å². The van der Waals surface area contributed by atoms with E-state index in [1.165, 1.54) is 11.3 Å². The molecule has 0 aliphatic carbocycles. The highest BCUT2D eigenvalue weighted by Gasteiger charge is 2.26. The number of carbonyl (C=O) groups is 1. The van der Waals surface area contributed by atoms with Gasteiger partial charge in [-0.2, -0.15) is 0 Å². The van der Waals surface area contributed by atoms with Crippen LogP contribution in [0.2, 0.25) is 0 Å². The molecule has 1 amide bonds. The number of likely N-dealkylation sites (N-methyl/N-ethyl adjacent to an activating group) is 1. The van der Waals surface area contributed by atoms with E-state index >= 15 is 0 Å². The number of hydrogen-bond acceptors (Lipinski definition) is 4. The normalized spacial score (nSPS) is 15.7. The van der Waals surface area contributed by atoms with Gasteiger partial charge >= 0.3 is 0 Å². The summed E-state index contributed by atoms with van der Waals surface area (Å²) in [5.74, 6) is 0.690. The van der Waals surface area contributed by atoms with Crippen molar-refractivity contribution in [2.45, 2.75) is 26.4 Å². The SMILES string of the molecule is CCOc1ccccc1NC(=O)C(C)N1CCN(C)c2ccccc2C1. The van der Waals surface area contributed by atoms with Crippen molar-refractivity contribution in [1.82, 2.24) is 4.90 Å². The number of hydrogen-bond donors (Lipinski definition) is 1. The highest BCUT2D eigenvalue weighted by Crippen LogP contribution is 2.26. The third kappa shape index (κ3) is 3.99. The van der Waals surface area contributed by atoms with Gasteiger partial charge in [-0.05, 0) is 37.6 Å². The number of amides is 1. The lowest BCUT2D eigenvalue weighted by Crippen LogP contribution is -2.43. The molecule has 0 saturated carbocycles. The predicted octanol–water partition coefficient (Wildman–Crippen LogP) is 3.36. The van der Waals surface area contributed by atoms with Crippen molar-refractivity contribution < 1.29 is 9.53 Å². The molecular formula is C21H27N3O2. The Balaban J connectivity index is 1.73. The second kappa shape index (κ2) is 8.23. The van der Waals surface area contributed by atoms with Crippen LogP contribution in [-0.4, -0.2) is 43.6 Å². The maximum absolute atomic E-state index is 12.9. The molecule has 1 N–H and O–H groups in total. The van der Waals surface area contributed by atoms with Gasteiger partial charge in [0.25, 0.3) is 0 Å². The third-order valence-corrected chi connectivity index (χ3v) is 4.87. The molecule has 1 aliphatic rings. The molecule has 0 bridgehead atoms. The topological polar surface area (TPSA) is 44.8 Å². The standard InChI is InChI=1S/C21H27N3O2/c1-4-26-20-12-8-6-10-18(20)22-21(25)16(2)24-14-13-23(3)19-11-7-5-9-17(19)15-24/h5-12,16H,4,13-15H2,1-3H3,(H,22,25). The molecule has 0 saturated heterocycles. The number of nitrogens with zero attached hydrogens (tertiary/aromatic N) is 2. The number of rotatable bonds is 5. The summed E-state index contributed by atoms with van der Waals surface area (Å²) in [6.07, 6.45) is 0. The summed E-state index contributed by atoms with van der Waals surface area (Å²) in [5.41, 5.74) is 3.21. The van der Waals surface area contributed by atoms with Crippen molar-refractivity contribution >= 4 is 17.3 Å². The minimum atomic E-state index is -0.232. The first-order valence-corrected chi connectivity index (χ1v) is 9.16. The molecule has 5 heteroatoms. The molecule has 26 heavy (non-hydrogen) atoms. The van der Waals surface area contributed by atoms with Crippen LogP contribution in [0.15, 0.2) is 48.5 Å². The zero-order valence-corrected chi connectivity index (χ0v) is 15.7. The first kappa shape index (κ1) is 18.3. The highest BCUT2D eigenvalue weighted by atomic mass is 16.5. The van der Waals surface area contributed by atoms with Gasteiger partial charge in [-0.25, -0.2) is 0 Å². The minimum absolute atomic E-state index is 0.0146. The summed E-state index contributed by atoms with van der Waals surface area (Å²) >= 11 is 0. The number of benzene rings is 2. The maximum Gasteiger partial charge on any atom is 0.241 e. The smallest absolute Gasteiger partial charge is 0.241 e. The lowest BCUT2D eigenvalue weighted by atomic mass is 10.1. The summed E-state index contributed by atoms with van der Waals surface area (Å²) in [6.45, 7) is 6.97. The largest absolute Gasteiger partial charge is 0.492 e. The Hall–Kier alpha value is -2.53. The molecule has 1 unspecified atom stereocenters. The number of nitrogens with one attached hydrogen (secondary N) is 1. The summed E-state index contributed by atoms with van der Waals surface area (Å²) < 4.78 is 5.61. The summed E-state index contributed by atoms with van der Waals surface area (Å²) in [7, 11) is 2.10. The Morgan fingerprint density at radius 2 is 1.88 bits per heavy atom. The Morgan fingerprint density at radius 1 is 1.15 bits per heavy atom. The van der Waals surface area contributed by atoms with Gasteiger partial charge in [0.05, 0.1) is 18.3 Å². The van der Waals surface area contributed by atoms with E-state index in [0.29, 0.717) is 12.4 Å². The van der Waals surface area contributed by atoms with Gasteiger partial charge in [0.1, 0.15) is 5.75 Å².